The second kappa shape index (κ2) is 13.6. The van der Waals surface area contributed by atoms with Crippen LogP contribution < -0.4 is 4.90 Å². The molecule has 12 aromatic rings. The fourth-order valence-corrected chi connectivity index (χ4v) is 10.4. The van der Waals surface area contributed by atoms with Crippen molar-refractivity contribution in [1.29, 1.82) is 0 Å². The molecule has 0 bridgehead atoms. The highest BCUT2D eigenvalue weighted by molar-refractivity contribution is 7.26. The Morgan fingerprint density at radius 1 is 0.356 bits per heavy atom. The summed E-state index contributed by atoms with van der Waals surface area (Å²) in [5, 5.41) is 9.60. The van der Waals surface area contributed by atoms with Crippen LogP contribution in [0.2, 0.25) is 0 Å². The summed E-state index contributed by atoms with van der Waals surface area (Å²) in [4.78, 5) is 2.48. The van der Waals surface area contributed by atoms with Crippen molar-refractivity contribution in [3.63, 3.8) is 0 Å². The van der Waals surface area contributed by atoms with Crippen LogP contribution in [0.5, 0.6) is 0 Å². The van der Waals surface area contributed by atoms with E-state index in [1.54, 1.807) is 0 Å². The largest absolute Gasteiger partial charge is 0.456 e. The quantitative estimate of drug-likeness (QED) is 0.157. The van der Waals surface area contributed by atoms with Crippen LogP contribution in [-0.4, -0.2) is 0 Å². The van der Waals surface area contributed by atoms with Crippen molar-refractivity contribution in [2.45, 2.75) is 0 Å². The minimum absolute atomic E-state index is 0.860. The molecule has 276 valence electrons. The van der Waals surface area contributed by atoms with Crippen molar-refractivity contribution in [3.05, 3.63) is 212 Å². The van der Waals surface area contributed by atoms with Crippen molar-refractivity contribution in [1.82, 2.24) is 0 Å². The fourth-order valence-electron chi connectivity index (χ4n) is 9.05. The van der Waals surface area contributed by atoms with Gasteiger partial charge in [0.1, 0.15) is 11.2 Å². The Bertz CT molecular complexity index is 3550. The Morgan fingerprint density at radius 2 is 0.983 bits per heavy atom. The molecule has 0 radical (unpaired) electrons. The predicted molar refractivity (Wildman–Crippen MR) is 253 cm³/mol. The van der Waals surface area contributed by atoms with Crippen LogP contribution in [0.1, 0.15) is 0 Å². The summed E-state index contributed by atoms with van der Waals surface area (Å²) >= 11 is 1.88. The van der Waals surface area contributed by atoms with E-state index in [1.807, 2.05) is 11.3 Å². The smallest absolute Gasteiger partial charge is 0.137 e. The summed E-state index contributed by atoms with van der Waals surface area (Å²) in [5.41, 5.74) is 12.2. The summed E-state index contributed by atoms with van der Waals surface area (Å²) in [6.07, 6.45) is 0. The van der Waals surface area contributed by atoms with Crippen molar-refractivity contribution in [3.8, 4) is 33.4 Å². The second-order valence-electron chi connectivity index (χ2n) is 15.2. The van der Waals surface area contributed by atoms with Crippen LogP contribution >= 0.6 is 11.3 Å². The molecule has 2 aromatic heterocycles. The van der Waals surface area contributed by atoms with Crippen LogP contribution in [0.25, 0.3) is 97.0 Å². The van der Waals surface area contributed by atoms with Crippen LogP contribution in [-0.2, 0) is 0 Å². The van der Waals surface area contributed by atoms with Gasteiger partial charge in [-0.1, -0.05) is 164 Å². The van der Waals surface area contributed by atoms with E-state index < -0.39 is 0 Å². The molecule has 12 rings (SSSR count). The molecule has 0 atom stereocenters. The summed E-state index contributed by atoms with van der Waals surface area (Å²) < 4.78 is 9.27. The van der Waals surface area contributed by atoms with Gasteiger partial charge < -0.3 is 9.32 Å². The number of rotatable bonds is 6. The number of benzene rings is 10. The van der Waals surface area contributed by atoms with Gasteiger partial charge in [0.25, 0.3) is 0 Å². The highest BCUT2D eigenvalue weighted by atomic mass is 32.1. The molecule has 10 aromatic carbocycles. The third kappa shape index (κ3) is 5.55. The summed E-state index contributed by atoms with van der Waals surface area (Å²) in [7, 11) is 0. The second-order valence-corrected chi connectivity index (χ2v) is 16.3. The van der Waals surface area contributed by atoms with Crippen molar-refractivity contribution in [2.75, 3.05) is 4.90 Å². The molecule has 0 saturated carbocycles. The molecule has 0 aliphatic rings. The number of thiophene rings is 1. The Kier molecular flexibility index (Phi) is 7.75. The summed E-state index contributed by atoms with van der Waals surface area (Å²) in [6.45, 7) is 0. The zero-order valence-electron chi connectivity index (χ0n) is 32.0. The van der Waals surface area contributed by atoms with Gasteiger partial charge in [0.15, 0.2) is 0 Å². The van der Waals surface area contributed by atoms with Gasteiger partial charge in [-0.2, -0.15) is 0 Å². The Balaban J connectivity index is 1.16. The molecule has 0 aliphatic carbocycles. The first kappa shape index (κ1) is 33.7. The first-order valence-electron chi connectivity index (χ1n) is 20.1. The Labute approximate surface area is 345 Å². The minimum atomic E-state index is 0.860. The molecule has 2 nitrogen and oxygen atoms in total. The standard InChI is InChI=1S/C56H35NOS/c1-4-13-36(14-5-1)40-25-28-47-52(34-40)58-51-22-12-21-49(54(47)51)57(43-27-30-45-42(33-43)24-23-39-19-10-11-20-44(39)45)50-32-31-46(38-17-8-3-9-18-38)56-55(50)48-29-26-41(35-53(48)59-56)37-15-6-2-7-16-37/h1-35H. The molecular weight excluding hydrogens is 735 g/mol. The maximum absolute atomic E-state index is 6.75. The van der Waals surface area contributed by atoms with Gasteiger partial charge in [-0.25, -0.2) is 0 Å². The van der Waals surface area contributed by atoms with Crippen LogP contribution in [0.3, 0.4) is 0 Å². The third-order valence-electron chi connectivity index (χ3n) is 11.8. The number of hydrogen-bond acceptors (Lipinski definition) is 3. The van der Waals surface area contributed by atoms with E-state index in [0.29, 0.717) is 0 Å². The van der Waals surface area contributed by atoms with Gasteiger partial charge >= 0.3 is 0 Å². The molecule has 0 fully saturated rings. The minimum Gasteiger partial charge on any atom is -0.456 e. The van der Waals surface area contributed by atoms with E-state index in [1.165, 1.54) is 69.5 Å². The van der Waals surface area contributed by atoms with Crippen molar-refractivity contribution >= 4 is 92.1 Å². The third-order valence-corrected chi connectivity index (χ3v) is 13.0. The highest BCUT2D eigenvalue weighted by Crippen LogP contribution is 2.51. The molecule has 0 N–H and O–H groups in total. The predicted octanol–water partition coefficient (Wildman–Crippen LogP) is 16.7. The maximum Gasteiger partial charge on any atom is 0.137 e. The first-order valence-corrected chi connectivity index (χ1v) is 20.9. The van der Waals surface area contributed by atoms with Gasteiger partial charge in [-0.05, 0) is 103 Å². The first-order chi connectivity index (χ1) is 29.2. The van der Waals surface area contributed by atoms with E-state index in [-0.39, 0.29) is 0 Å². The molecule has 0 amide bonds. The van der Waals surface area contributed by atoms with E-state index in [9.17, 15) is 0 Å². The summed E-state index contributed by atoms with van der Waals surface area (Å²) in [5.74, 6) is 0. The fraction of sp³-hybridized carbons (Fsp3) is 0. The van der Waals surface area contributed by atoms with E-state index in [4.69, 9.17) is 4.42 Å². The summed E-state index contributed by atoms with van der Waals surface area (Å²) in [6, 6.07) is 76.9. The zero-order chi connectivity index (χ0) is 38.9. The lowest BCUT2D eigenvalue weighted by atomic mass is 9.97. The number of hydrogen-bond donors (Lipinski definition) is 0. The molecule has 0 unspecified atom stereocenters. The number of furan rings is 1. The van der Waals surface area contributed by atoms with Crippen molar-refractivity contribution < 1.29 is 4.42 Å². The average molecular weight is 770 g/mol. The van der Waals surface area contributed by atoms with Gasteiger partial charge in [0.2, 0.25) is 0 Å². The number of nitrogens with zero attached hydrogens (tertiary/aromatic N) is 1. The zero-order valence-corrected chi connectivity index (χ0v) is 32.8. The number of fused-ring (bicyclic) bond motifs is 9. The maximum atomic E-state index is 6.75. The Hall–Kier alpha value is -7.46. The number of anilines is 3. The topological polar surface area (TPSA) is 16.4 Å². The molecule has 3 heteroatoms. The molecule has 0 saturated heterocycles. The van der Waals surface area contributed by atoms with Gasteiger partial charge in [0, 0.05) is 31.2 Å². The highest BCUT2D eigenvalue weighted by Gasteiger charge is 2.25. The van der Waals surface area contributed by atoms with Gasteiger partial charge in [-0.15, -0.1) is 11.3 Å². The molecule has 0 aliphatic heterocycles. The molecule has 59 heavy (non-hydrogen) atoms. The van der Waals surface area contributed by atoms with Crippen LogP contribution in [0.15, 0.2) is 217 Å². The normalized spacial score (nSPS) is 11.7. The van der Waals surface area contributed by atoms with Crippen molar-refractivity contribution in [2.24, 2.45) is 0 Å². The van der Waals surface area contributed by atoms with Crippen LogP contribution in [0.4, 0.5) is 17.1 Å². The van der Waals surface area contributed by atoms with Gasteiger partial charge in [0.05, 0.1) is 16.8 Å². The Morgan fingerprint density at radius 3 is 1.76 bits per heavy atom. The monoisotopic (exact) mass is 769 g/mol. The van der Waals surface area contributed by atoms with Gasteiger partial charge in [-0.3, -0.25) is 0 Å². The molecular formula is C56H35NOS. The lowest BCUT2D eigenvalue weighted by molar-refractivity contribution is 0.669. The SMILES string of the molecule is c1ccc(-c2ccc3c(c2)oc2cccc(N(c4ccc5c(ccc6ccccc65)c4)c4ccc(-c5ccccc5)c5sc6cc(-c7ccccc7)ccc6c45)c23)cc1. The average Bonchev–Trinajstić information content (AvgIpc) is 3.89. The van der Waals surface area contributed by atoms with E-state index in [0.717, 1.165) is 44.6 Å². The van der Waals surface area contributed by atoms with E-state index in [2.05, 4.69) is 217 Å². The molecule has 0 spiro atoms. The lowest BCUT2D eigenvalue weighted by Crippen LogP contribution is -2.11. The lowest BCUT2D eigenvalue weighted by Gasteiger charge is -2.28. The van der Waals surface area contributed by atoms with E-state index >= 15 is 0 Å². The van der Waals surface area contributed by atoms with Crippen LogP contribution in [0, 0.1) is 0 Å². The molecule has 2 heterocycles.